The van der Waals surface area contributed by atoms with Gasteiger partial charge in [0.1, 0.15) is 11.6 Å². The third-order valence-electron chi connectivity index (χ3n) is 6.40. The first kappa shape index (κ1) is 22.1. The van der Waals surface area contributed by atoms with Crippen molar-refractivity contribution in [2.75, 3.05) is 31.6 Å². The quantitative estimate of drug-likeness (QED) is 0.751. The summed E-state index contributed by atoms with van der Waals surface area (Å²) < 4.78 is 19.3. The predicted octanol–water partition coefficient (Wildman–Crippen LogP) is 3.28. The molecule has 2 aromatic rings. The number of aryl methyl sites for hydroxylation is 1. The molecule has 1 unspecified atom stereocenters. The summed E-state index contributed by atoms with van der Waals surface area (Å²) in [6, 6.07) is 12.8. The first-order valence-corrected chi connectivity index (χ1v) is 11.1. The van der Waals surface area contributed by atoms with Crippen LogP contribution >= 0.6 is 0 Å². The second kappa shape index (κ2) is 9.59. The van der Waals surface area contributed by atoms with Gasteiger partial charge in [0.15, 0.2) is 0 Å². The minimum atomic E-state index is -0.326. The number of nitrogens with zero attached hydrogens (tertiary/aromatic N) is 2. The number of nitrogens with one attached hydrogen (secondary N) is 1. The standard InChI is InChI=1S/C25H30FN3O3/c1-17-3-8-22(26)23(13-17)28-11-9-20(10-12-28)27-25(31)19-14-24(30)29(16-19)15-18-4-6-21(32-2)7-5-18/h3-8,13,19-20H,9-12,14-16H2,1-2H3,(H,27,31). The number of hydrogen-bond acceptors (Lipinski definition) is 4. The molecule has 170 valence electrons. The zero-order valence-electron chi connectivity index (χ0n) is 18.6. The summed E-state index contributed by atoms with van der Waals surface area (Å²) in [6.07, 6.45) is 1.76. The van der Waals surface area contributed by atoms with Crippen molar-refractivity contribution in [1.82, 2.24) is 10.2 Å². The van der Waals surface area contributed by atoms with Gasteiger partial charge in [-0.3, -0.25) is 9.59 Å². The number of carbonyl (C=O) groups excluding carboxylic acids is 2. The highest BCUT2D eigenvalue weighted by atomic mass is 19.1. The van der Waals surface area contributed by atoms with E-state index in [1.807, 2.05) is 42.2 Å². The summed E-state index contributed by atoms with van der Waals surface area (Å²) in [4.78, 5) is 29.0. The number of piperidine rings is 1. The number of hydrogen-bond donors (Lipinski definition) is 1. The van der Waals surface area contributed by atoms with Gasteiger partial charge in [-0.05, 0) is 55.2 Å². The Labute approximate surface area is 188 Å². The van der Waals surface area contributed by atoms with Crippen LogP contribution in [-0.2, 0) is 16.1 Å². The van der Waals surface area contributed by atoms with Crippen LogP contribution in [0.15, 0.2) is 42.5 Å². The summed E-state index contributed by atoms with van der Waals surface area (Å²) in [5.41, 5.74) is 2.67. The lowest BCUT2D eigenvalue weighted by Gasteiger charge is -2.34. The van der Waals surface area contributed by atoms with E-state index in [2.05, 4.69) is 5.32 Å². The van der Waals surface area contributed by atoms with Gasteiger partial charge in [0, 0.05) is 38.6 Å². The number of rotatable bonds is 6. The molecule has 32 heavy (non-hydrogen) atoms. The monoisotopic (exact) mass is 439 g/mol. The van der Waals surface area contributed by atoms with E-state index in [4.69, 9.17) is 4.74 Å². The molecule has 2 aromatic carbocycles. The lowest BCUT2D eigenvalue weighted by molar-refractivity contribution is -0.129. The van der Waals surface area contributed by atoms with Crippen molar-refractivity contribution in [3.63, 3.8) is 0 Å². The first-order valence-electron chi connectivity index (χ1n) is 11.1. The molecule has 7 heteroatoms. The van der Waals surface area contributed by atoms with E-state index in [-0.39, 0.29) is 36.0 Å². The molecule has 0 aliphatic carbocycles. The van der Waals surface area contributed by atoms with Crippen molar-refractivity contribution in [3.05, 3.63) is 59.4 Å². The molecule has 1 N–H and O–H groups in total. The van der Waals surface area contributed by atoms with Gasteiger partial charge >= 0.3 is 0 Å². The van der Waals surface area contributed by atoms with Crippen LogP contribution in [0.25, 0.3) is 0 Å². The molecule has 2 amide bonds. The lowest BCUT2D eigenvalue weighted by atomic mass is 10.0. The van der Waals surface area contributed by atoms with E-state index in [1.165, 1.54) is 6.07 Å². The van der Waals surface area contributed by atoms with Crippen molar-refractivity contribution in [2.45, 2.75) is 38.8 Å². The molecule has 0 radical (unpaired) electrons. The maximum atomic E-state index is 14.2. The zero-order valence-corrected chi connectivity index (χ0v) is 18.6. The number of carbonyl (C=O) groups is 2. The van der Waals surface area contributed by atoms with Gasteiger partial charge in [0.25, 0.3) is 0 Å². The first-order chi connectivity index (χ1) is 15.4. The highest BCUT2D eigenvalue weighted by Crippen LogP contribution is 2.26. The molecule has 0 spiro atoms. The van der Waals surface area contributed by atoms with E-state index in [9.17, 15) is 14.0 Å². The van der Waals surface area contributed by atoms with Crippen molar-refractivity contribution >= 4 is 17.5 Å². The normalized spacial score (nSPS) is 19.3. The highest BCUT2D eigenvalue weighted by molar-refractivity contribution is 5.89. The van der Waals surface area contributed by atoms with Gasteiger partial charge < -0.3 is 19.9 Å². The molecule has 0 aromatic heterocycles. The van der Waals surface area contributed by atoms with E-state index in [1.54, 1.807) is 18.1 Å². The van der Waals surface area contributed by atoms with E-state index in [0.29, 0.717) is 31.9 Å². The van der Waals surface area contributed by atoms with Crippen LogP contribution in [0.1, 0.15) is 30.4 Å². The van der Waals surface area contributed by atoms with Crippen LogP contribution < -0.4 is 15.0 Å². The fraction of sp³-hybridized carbons (Fsp3) is 0.440. The van der Waals surface area contributed by atoms with Crippen LogP contribution in [0, 0.1) is 18.7 Å². The molecule has 0 saturated carbocycles. The number of halogens is 1. The fourth-order valence-electron chi connectivity index (χ4n) is 4.50. The maximum absolute atomic E-state index is 14.2. The van der Waals surface area contributed by atoms with E-state index >= 15 is 0 Å². The average Bonchev–Trinajstić information content (AvgIpc) is 3.17. The van der Waals surface area contributed by atoms with Crippen LogP contribution in [0.2, 0.25) is 0 Å². The minimum Gasteiger partial charge on any atom is -0.497 e. The van der Waals surface area contributed by atoms with E-state index < -0.39 is 0 Å². The van der Waals surface area contributed by atoms with Gasteiger partial charge in [-0.1, -0.05) is 18.2 Å². The largest absolute Gasteiger partial charge is 0.497 e. The van der Waals surface area contributed by atoms with Crippen molar-refractivity contribution in [2.24, 2.45) is 5.92 Å². The second-order valence-corrected chi connectivity index (χ2v) is 8.75. The smallest absolute Gasteiger partial charge is 0.225 e. The maximum Gasteiger partial charge on any atom is 0.225 e. The van der Waals surface area contributed by atoms with Crippen LogP contribution in [0.3, 0.4) is 0 Å². The number of likely N-dealkylation sites (tertiary alicyclic amines) is 1. The van der Waals surface area contributed by atoms with Gasteiger partial charge in [-0.15, -0.1) is 0 Å². The van der Waals surface area contributed by atoms with Crippen molar-refractivity contribution in [3.8, 4) is 5.75 Å². The summed E-state index contributed by atoms with van der Waals surface area (Å²) >= 11 is 0. The molecule has 1 atom stereocenters. The van der Waals surface area contributed by atoms with Crippen molar-refractivity contribution < 1.29 is 18.7 Å². The minimum absolute atomic E-state index is 0.00529. The van der Waals surface area contributed by atoms with Crippen LogP contribution in [0.4, 0.5) is 10.1 Å². The molecule has 0 bridgehead atoms. The van der Waals surface area contributed by atoms with Crippen LogP contribution in [0.5, 0.6) is 5.75 Å². The summed E-state index contributed by atoms with van der Waals surface area (Å²) in [7, 11) is 1.62. The van der Waals surface area contributed by atoms with Crippen molar-refractivity contribution in [1.29, 1.82) is 0 Å². The SMILES string of the molecule is COc1ccc(CN2CC(C(=O)NC3CCN(c4cc(C)ccc4F)CC3)CC2=O)cc1. The van der Waals surface area contributed by atoms with Gasteiger partial charge in [0.05, 0.1) is 18.7 Å². The highest BCUT2D eigenvalue weighted by Gasteiger charge is 2.35. The molecule has 2 fully saturated rings. The summed E-state index contributed by atoms with van der Waals surface area (Å²) in [5, 5.41) is 3.12. The molecule has 2 saturated heterocycles. The Morgan fingerprint density at radius 1 is 1.16 bits per heavy atom. The molecule has 2 heterocycles. The Kier molecular flexibility index (Phi) is 6.63. The molecule has 6 nitrogen and oxygen atoms in total. The van der Waals surface area contributed by atoms with Crippen LogP contribution in [-0.4, -0.2) is 49.5 Å². The number of amides is 2. The number of ether oxygens (including phenoxy) is 1. The number of benzene rings is 2. The summed E-state index contributed by atoms with van der Waals surface area (Å²) in [5.74, 6) is 0.184. The third kappa shape index (κ3) is 5.03. The Bertz CT molecular complexity index is 971. The Morgan fingerprint density at radius 3 is 2.56 bits per heavy atom. The third-order valence-corrected chi connectivity index (χ3v) is 6.40. The van der Waals surface area contributed by atoms with E-state index in [0.717, 1.165) is 29.7 Å². The average molecular weight is 440 g/mol. The molecule has 2 aliphatic heterocycles. The fourth-order valence-corrected chi connectivity index (χ4v) is 4.50. The Hall–Kier alpha value is -3.09. The lowest BCUT2D eigenvalue weighted by Crippen LogP contribution is -2.47. The van der Waals surface area contributed by atoms with Gasteiger partial charge in [-0.2, -0.15) is 0 Å². The molecular formula is C25H30FN3O3. The molecule has 2 aliphatic rings. The zero-order chi connectivity index (χ0) is 22.7. The van der Waals surface area contributed by atoms with Gasteiger partial charge in [0.2, 0.25) is 11.8 Å². The predicted molar refractivity (Wildman–Crippen MR) is 121 cm³/mol. The Morgan fingerprint density at radius 2 is 1.88 bits per heavy atom. The Balaban J connectivity index is 1.27. The molecular weight excluding hydrogens is 409 g/mol. The number of anilines is 1. The second-order valence-electron chi connectivity index (χ2n) is 8.75. The van der Waals surface area contributed by atoms with Gasteiger partial charge in [-0.25, -0.2) is 4.39 Å². The topological polar surface area (TPSA) is 61.9 Å². The number of methoxy groups -OCH3 is 1. The summed E-state index contributed by atoms with van der Waals surface area (Å²) in [6.45, 7) is 4.27. The molecule has 4 rings (SSSR count).